The van der Waals surface area contributed by atoms with E-state index in [0.717, 1.165) is 36.0 Å². The van der Waals surface area contributed by atoms with E-state index in [9.17, 15) is 0 Å². The first kappa shape index (κ1) is 20.0. The van der Waals surface area contributed by atoms with Gasteiger partial charge in [0.2, 0.25) is 0 Å². The SMILES string of the molecule is CCNC(=NCCOCc1ccccc1OC)NC1CCOc2ccccc21. The van der Waals surface area contributed by atoms with E-state index < -0.39 is 0 Å². The normalized spacial score (nSPS) is 16.1. The molecule has 0 aliphatic carbocycles. The Hall–Kier alpha value is -2.73. The van der Waals surface area contributed by atoms with Crippen molar-refractivity contribution in [3.05, 3.63) is 59.7 Å². The van der Waals surface area contributed by atoms with Gasteiger partial charge in [0.1, 0.15) is 11.5 Å². The number of nitrogens with one attached hydrogen (secondary N) is 2. The molecule has 0 fully saturated rings. The van der Waals surface area contributed by atoms with Crippen LogP contribution in [0.1, 0.15) is 30.5 Å². The Morgan fingerprint density at radius 3 is 2.86 bits per heavy atom. The fourth-order valence-electron chi connectivity index (χ4n) is 3.20. The lowest BCUT2D eigenvalue weighted by Crippen LogP contribution is -2.41. The number of guanidine groups is 1. The molecule has 6 heteroatoms. The van der Waals surface area contributed by atoms with Crippen molar-refractivity contribution in [2.24, 2.45) is 4.99 Å². The quantitative estimate of drug-likeness (QED) is 0.416. The second kappa shape index (κ2) is 10.6. The molecule has 0 amide bonds. The first-order valence-corrected chi connectivity index (χ1v) is 9.78. The highest BCUT2D eigenvalue weighted by Gasteiger charge is 2.21. The van der Waals surface area contributed by atoms with Crippen LogP contribution in [0.5, 0.6) is 11.5 Å². The molecule has 0 radical (unpaired) electrons. The van der Waals surface area contributed by atoms with Gasteiger partial charge < -0.3 is 24.8 Å². The Bertz CT molecular complexity index is 779. The van der Waals surface area contributed by atoms with Gasteiger partial charge >= 0.3 is 0 Å². The zero-order valence-corrected chi connectivity index (χ0v) is 16.6. The maximum Gasteiger partial charge on any atom is 0.191 e. The van der Waals surface area contributed by atoms with E-state index in [1.165, 1.54) is 5.56 Å². The summed E-state index contributed by atoms with van der Waals surface area (Å²) in [5, 5.41) is 6.83. The summed E-state index contributed by atoms with van der Waals surface area (Å²) in [5.41, 5.74) is 2.21. The predicted octanol–water partition coefficient (Wildman–Crippen LogP) is 3.29. The highest BCUT2D eigenvalue weighted by molar-refractivity contribution is 5.80. The Morgan fingerprint density at radius 2 is 2.00 bits per heavy atom. The Kier molecular flexibility index (Phi) is 7.55. The molecule has 0 aromatic heterocycles. The molecule has 6 nitrogen and oxygen atoms in total. The Morgan fingerprint density at radius 1 is 1.18 bits per heavy atom. The van der Waals surface area contributed by atoms with Gasteiger partial charge in [-0.2, -0.15) is 0 Å². The zero-order valence-electron chi connectivity index (χ0n) is 16.6. The van der Waals surface area contributed by atoms with Crippen molar-refractivity contribution in [1.29, 1.82) is 0 Å². The largest absolute Gasteiger partial charge is 0.496 e. The lowest BCUT2D eigenvalue weighted by Gasteiger charge is -2.28. The van der Waals surface area contributed by atoms with Crippen LogP contribution in [0.3, 0.4) is 0 Å². The van der Waals surface area contributed by atoms with Gasteiger partial charge in [-0.25, -0.2) is 0 Å². The molecule has 0 saturated heterocycles. The van der Waals surface area contributed by atoms with Crippen molar-refractivity contribution in [2.75, 3.05) is 33.4 Å². The van der Waals surface area contributed by atoms with Gasteiger partial charge in [0.25, 0.3) is 0 Å². The number of fused-ring (bicyclic) bond motifs is 1. The predicted molar refractivity (Wildman–Crippen MR) is 111 cm³/mol. The van der Waals surface area contributed by atoms with Gasteiger partial charge in [-0.05, 0) is 19.1 Å². The molecule has 3 rings (SSSR count). The van der Waals surface area contributed by atoms with E-state index >= 15 is 0 Å². The molecule has 2 aromatic carbocycles. The molecule has 1 aliphatic heterocycles. The molecule has 0 spiro atoms. The van der Waals surface area contributed by atoms with E-state index in [-0.39, 0.29) is 6.04 Å². The fourth-order valence-corrected chi connectivity index (χ4v) is 3.20. The fraction of sp³-hybridized carbons (Fsp3) is 0.409. The van der Waals surface area contributed by atoms with E-state index in [4.69, 9.17) is 14.2 Å². The second-order valence-electron chi connectivity index (χ2n) is 6.50. The van der Waals surface area contributed by atoms with E-state index in [0.29, 0.717) is 26.4 Å². The van der Waals surface area contributed by atoms with Crippen LogP contribution in [0.25, 0.3) is 0 Å². The van der Waals surface area contributed by atoms with Crippen molar-refractivity contribution in [3.8, 4) is 11.5 Å². The van der Waals surface area contributed by atoms with Crippen LogP contribution < -0.4 is 20.1 Å². The summed E-state index contributed by atoms with van der Waals surface area (Å²) in [6, 6.07) is 16.2. The lowest BCUT2D eigenvalue weighted by atomic mass is 10.0. The molecular weight excluding hydrogens is 354 g/mol. The first-order chi connectivity index (χ1) is 13.8. The van der Waals surface area contributed by atoms with Crippen LogP contribution in [-0.2, 0) is 11.3 Å². The summed E-state index contributed by atoms with van der Waals surface area (Å²) in [4.78, 5) is 4.65. The minimum atomic E-state index is 0.192. The molecule has 0 bridgehead atoms. The van der Waals surface area contributed by atoms with Crippen molar-refractivity contribution in [1.82, 2.24) is 10.6 Å². The number of rotatable bonds is 8. The number of methoxy groups -OCH3 is 1. The smallest absolute Gasteiger partial charge is 0.191 e. The zero-order chi connectivity index (χ0) is 19.6. The molecule has 1 unspecified atom stereocenters. The van der Waals surface area contributed by atoms with Gasteiger partial charge in [0.05, 0.1) is 39.5 Å². The minimum absolute atomic E-state index is 0.192. The van der Waals surface area contributed by atoms with Gasteiger partial charge in [-0.3, -0.25) is 4.99 Å². The molecule has 0 saturated carbocycles. The van der Waals surface area contributed by atoms with Crippen LogP contribution in [0.2, 0.25) is 0 Å². The van der Waals surface area contributed by atoms with Gasteiger partial charge in [0.15, 0.2) is 5.96 Å². The van der Waals surface area contributed by atoms with Gasteiger partial charge in [-0.1, -0.05) is 36.4 Å². The third-order valence-corrected chi connectivity index (χ3v) is 4.57. The summed E-state index contributed by atoms with van der Waals surface area (Å²) >= 11 is 0. The number of hydrogen-bond acceptors (Lipinski definition) is 4. The van der Waals surface area contributed by atoms with E-state index in [2.05, 4.69) is 28.6 Å². The van der Waals surface area contributed by atoms with Crippen molar-refractivity contribution in [3.63, 3.8) is 0 Å². The van der Waals surface area contributed by atoms with Gasteiger partial charge in [0, 0.05) is 24.1 Å². The van der Waals surface area contributed by atoms with Crippen LogP contribution in [0.4, 0.5) is 0 Å². The topological polar surface area (TPSA) is 64.1 Å². The summed E-state index contributed by atoms with van der Waals surface area (Å²) in [5.74, 6) is 2.59. The highest BCUT2D eigenvalue weighted by atomic mass is 16.5. The number of nitrogens with zero attached hydrogens (tertiary/aromatic N) is 1. The molecule has 2 aromatic rings. The van der Waals surface area contributed by atoms with E-state index in [1.54, 1.807) is 7.11 Å². The average Bonchev–Trinajstić information content (AvgIpc) is 2.74. The standard InChI is InChI=1S/C22H29N3O3/c1-3-23-22(25-19-12-14-28-21-11-7-5-9-18(19)21)24-13-15-27-16-17-8-4-6-10-20(17)26-2/h4-11,19H,3,12-16H2,1-2H3,(H2,23,24,25). The van der Waals surface area contributed by atoms with Crippen LogP contribution in [-0.4, -0.2) is 39.4 Å². The third kappa shape index (κ3) is 5.39. The maximum absolute atomic E-state index is 5.77. The summed E-state index contributed by atoms with van der Waals surface area (Å²) in [6.45, 7) is 5.20. The third-order valence-electron chi connectivity index (χ3n) is 4.57. The number of para-hydroxylation sites is 2. The maximum atomic E-state index is 5.77. The van der Waals surface area contributed by atoms with E-state index in [1.807, 2.05) is 42.5 Å². The number of benzene rings is 2. The molecule has 1 aliphatic rings. The molecule has 1 heterocycles. The second-order valence-corrected chi connectivity index (χ2v) is 6.50. The van der Waals surface area contributed by atoms with Crippen LogP contribution in [0.15, 0.2) is 53.5 Å². The Labute approximate surface area is 166 Å². The molecular formula is C22H29N3O3. The summed E-state index contributed by atoms with van der Waals surface area (Å²) < 4.78 is 16.9. The number of hydrogen-bond donors (Lipinski definition) is 2. The van der Waals surface area contributed by atoms with Crippen molar-refractivity contribution in [2.45, 2.75) is 26.0 Å². The van der Waals surface area contributed by atoms with Crippen molar-refractivity contribution >= 4 is 5.96 Å². The van der Waals surface area contributed by atoms with Crippen LogP contribution in [0, 0.1) is 0 Å². The minimum Gasteiger partial charge on any atom is -0.496 e. The lowest BCUT2D eigenvalue weighted by molar-refractivity contribution is 0.126. The summed E-state index contributed by atoms with van der Waals surface area (Å²) in [6.07, 6.45) is 0.908. The molecule has 1 atom stereocenters. The summed E-state index contributed by atoms with van der Waals surface area (Å²) in [7, 11) is 1.67. The van der Waals surface area contributed by atoms with Crippen LogP contribution >= 0.6 is 0 Å². The number of ether oxygens (including phenoxy) is 3. The average molecular weight is 383 g/mol. The molecule has 150 valence electrons. The Balaban J connectivity index is 1.52. The first-order valence-electron chi connectivity index (χ1n) is 9.78. The monoisotopic (exact) mass is 383 g/mol. The number of aliphatic imine (C=N–C) groups is 1. The molecule has 28 heavy (non-hydrogen) atoms. The van der Waals surface area contributed by atoms with Gasteiger partial charge in [-0.15, -0.1) is 0 Å². The van der Waals surface area contributed by atoms with Crippen molar-refractivity contribution < 1.29 is 14.2 Å². The highest BCUT2D eigenvalue weighted by Crippen LogP contribution is 2.31. The molecule has 2 N–H and O–H groups in total.